The van der Waals surface area contributed by atoms with Crippen LogP contribution < -0.4 is 15.2 Å². The van der Waals surface area contributed by atoms with E-state index in [0.29, 0.717) is 0 Å². The summed E-state index contributed by atoms with van der Waals surface area (Å²) in [6, 6.07) is 1.70. The third kappa shape index (κ3) is 3.66. The van der Waals surface area contributed by atoms with E-state index in [9.17, 15) is 18.5 Å². The van der Waals surface area contributed by atoms with Gasteiger partial charge in [-0.15, -0.1) is 12.4 Å². The van der Waals surface area contributed by atoms with Crippen LogP contribution in [0.2, 0.25) is 0 Å². The van der Waals surface area contributed by atoms with E-state index in [0.717, 1.165) is 16.4 Å². The molecular formula is C12H18ClN3O6S. The average Bonchev–Trinajstić information content (AvgIpc) is 2.51. The van der Waals surface area contributed by atoms with Crippen LogP contribution in [0.15, 0.2) is 17.0 Å². The predicted molar refractivity (Wildman–Crippen MR) is 84.8 cm³/mol. The van der Waals surface area contributed by atoms with Gasteiger partial charge in [0.2, 0.25) is 10.0 Å². The number of sulfonamides is 1. The second-order valence-electron chi connectivity index (χ2n) is 4.83. The molecule has 1 atom stereocenters. The van der Waals surface area contributed by atoms with E-state index in [1.165, 1.54) is 7.05 Å². The Hall–Kier alpha value is -1.62. The quantitative estimate of drug-likeness (QED) is 0.601. The Balaban J connectivity index is 0.00000264. The minimum Gasteiger partial charge on any atom is -0.486 e. The largest absolute Gasteiger partial charge is 0.486 e. The number of ether oxygens (including phenoxy) is 2. The van der Waals surface area contributed by atoms with Crippen molar-refractivity contribution in [3.63, 3.8) is 0 Å². The minimum atomic E-state index is -4.08. The summed E-state index contributed by atoms with van der Waals surface area (Å²) < 4.78 is 36.8. The lowest BCUT2D eigenvalue weighted by Crippen LogP contribution is -2.39. The number of hydrogen-bond acceptors (Lipinski definition) is 7. The normalized spacial score (nSPS) is 15.0. The summed E-state index contributed by atoms with van der Waals surface area (Å²) in [6.07, 6.45) is 0. The van der Waals surface area contributed by atoms with Gasteiger partial charge in [-0.25, -0.2) is 8.42 Å². The minimum absolute atomic E-state index is 0. The Morgan fingerprint density at radius 3 is 2.35 bits per heavy atom. The molecule has 0 radical (unpaired) electrons. The molecule has 0 saturated heterocycles. The fourth-order valence-corrected chi connectivity index (χ4v) is 3.47. The van der Waals surface area contributed by atoms with Crippen LogP contribution in [0.4, 0.5) is 5.69 Å². The molecule has 2 N–H and O–H groups in total. The first-order valence-electron chi connectivity index (χ1n) is 6.55. The summed E-state index contributed by atoms with van der Waals surface area (Å²) in [7, 11) is -2.76. The standard InChI is InChI=1S/C12H17N3O6S.ClH/c1-8(7-13)14(2)22(18,19)12-6-11-10(20-3-4-21-11)5-9(12)15(16)17;/h5-6,8H,3-4,7,13H2,1-2H3;1H. The van der Waals surface area contributed by atoms with Gasteiger partial charge in [-0.2, -0.15) is 4.31 Å². The number of nitro benzene ring substituents is 1. The number of hydrogen-bond donors (Lipinski definition) is 1. The fraction of sp³-hybridized carbons (Fsp3) is 0.500. The Labute approximate surface area is 140 Å². The number of likely N-dealkylation sites (N-methyl/N-ethyl adjacent to an activating group) is 1. The Morgan fingerprint density at radius 2 is 1.87 bits per heavy atom. The zero-order valence-electron chi connectivity index (χ0n) is 12.6. The number of nitro groups is 1. The van der Waals surface area contributed by atoms with Crippen LogP contribution in [0.25, 0.3) is 0 Å². The summed E-state index contributed by atoms with van der Waals surface area (Å²) >= 11 is 0. The van der Waals surface area contributed by atoms with Gasteiger partial charge in [0.15, 0.2) is 16.4 Å². The van der Waals surface area contributed by atoms with E-state index < -0.39 is 31.6 Å². The molecule has 0 aromatic heterocycles. The van der Waals surface area contributed by atoms with Gasteiger partial charge in [-0.1, -0.05) is 0 Å². The average molecular weight is 368 g/mol. The molecule has 130 valence electrons. The van der Waals surface area contributed by atoms with Crippen molar-refractivity contribution in [3.05, 3.63) is 22.2 Å². The molecule has 1 unspecified atom stereocenters. The lowest BCUT2D eigenvalue weighted by Gasteiger charge is -2.24. The van der Waals surface area contributed by atoms with Crippen LogP contribution >= 0.6 is 12.4 Å². The van der Waals surface area contributed by atoms with Gasteiger partial charge in [-0.05, 0) is 6.92 Å². The van der Waals surface area contributed by atoms with E-state index in [2.05, 4.69) is 0 Å². The van der Waals surface area contributed by atoms with Crippen molar-refractivity contribution < 1.29 is 22.8 Å². The molecule has 1 aliphatic heterocycles. The van der Waals surface area contributed by atoms with E-state index >= 15 is 0 Å². The topological polar surface area (TPSA) is 125 Å². The van der Waals surface area contributed by atoms with Crippen LogP contribution in [0.5, 0.6) is 11.5 Å². The Kier molecular flexibility index (Phi) is 6.17. The van der Waals surface area contributed by atoms with Gasteiger partial charge in [0, 0.05) is 25.7 Å². The van der Waals surface area contributed by atoms with Gasteiger partial charge < -0.3 is 15.2 Å². The number of rotatable bonds is 5. The summed E-state index contributed by atoms with van der Waals surface area (Å²) in [5, 5.41) is 11.2. The first-order valence-corrected chi connectivity index (χ1v) is 7.99. The predicted octanol–water partition coefficient (Wildman–Crippen LogP) is 0.755. The smallest absolute Gasteiger partial charge is 0.293 e. The van der Waals surface area contributed by atoms with Crippen molar-refractivity contribution in [1.29, 1.82) is 0 Å². The number of benzene rings is 1. The lowest BCUT2D eigenvalue weighted by molar-refractivity contribution is -0.388. The molecule has 11 heteroatoms. The molecule has 1 aromatic rings. The number of nitrogens with zero attached hydrogens (tertiary/aromatic N) is 2. The first kappa shape index (κ1) is 19.4. The second-order valence-corrected chi connectivity index (χ2v) is 6.79. The third-order valence-electron chi connectivity index (χ3n) is 3.44. The van der Waals surface area contributed by atoms with Crippen molar-refractivity contribution in [2.75, 3.05) is 26.8 Å². The number of fused-ring (bicyclic) bond motifs is 1. The van der Waals surface area contributed by atoms with Gasteiger partial charge in [-0.3, -0.25) is 10.1 Å². The van der Waals surface area contributed by atoms with E-state index in [1.807, 2.05) is 0 Å². The molecule has 1 aliphatic rings. The highest BCUT2D eigenvalue weighted by atomic mass is 35.5. The molecule has 0 aliphatic carbocycles. The fourth-order valence-electron chi connectivity index (χ4n) is 1.95. The highest BCUT2D eigenvalue weighted by molar-refractivity contribution is 7.89. The second kappa shape index (κ2) is 7.30. The molecule has 0 saturated carbocycles. The number of halogens is 1. The van der Waals surface area contributed by atoms with Crippen molar-refractivity contribution >= 4 is 28.1 Å². The molecule has 1 aromatic carbocycles. The Morgan fingerprint density at radius 1 is 1.35 bits per heavy atom. The maximum atomic E-state index is 12.6. The SMILES string of the molecule is CC(CN)N(C)S(=O)(=O)c1cc2c(cc1[N+](=O)[O-])OCCO2.Cl. The van der Waals surface area contributed by atoms with Crippen LogP contribution in [0.3, 0.4) is 0 Å². The zero-order valence-corrected chi connectivity index (χ0v) is 14.2. The van der Waals surface area contributed by atoms with Crippen molar-refractivity contribution in [2.24, 2.45) is 5.73 Å². The van der Waals surface area contributed by atoms with Crippen LogP contribution in [-0.2, 0) is 10.0 Å². The van der Waals surface area contributed by atoms with Crippen LogP contribution in [0, 0.1) is 10.1 Å². The molecule has 0 bridgehead atoms. The van der Waals surface area contributed by atoms with E-state index in [4.69, 9.17) is 15.2 Å². The third-order valence-corrected chi connectivity index (χ3v) is 5.44. The number of nitrogens with two attached hydrogens (primary N) is 1. The van der Waals surface area contributed by atoms with Crippen molar-refractivity contribution in [3.8, 4) is 11.5 Å². The van der Waals surface area contributed by atoms with Crippen molar-refractivity contribution in [2.45, 2.75) is 17.9 Å². The highest BCUT2D eigenvalue weighted by Gasteiger charge is 2.34. The molecule has 2 rings (SSSR count). The maximum absolute atomic E-state index is 12.6. The molecule has 9 nitrogen and oxygen atoms in total. The van der Waals surface area contributed by atoms with E-state index in [-0.39, 0.29) is 43.7 Å². The highest BCUT2D eigenvalue weighted by Crippen LogP contribution is 2.39. The van der Waals surface area contributed by atoms with Crippen molar-refractivity contribution in [1.82, 2.24) is 4.31 Å². The Bertz CT molecular complexity index is 696. The van der Waals surface area contributed by atoms with Crippen LogP contribution in [-0.4, -0.2) is 50.5 Å². The molecule has 0 fully saturated rings. The van der Waals surface area contributed by atoms with Gasteiger partial charge >= 0.3 is 0 Å². The summed E-state index contributed by atoms with van der Waals surface area (Å²) in [6.45, 7) is 2.20. The zero-order chi connectivity index (χ0) is 16.5. The monoisotopic (exact) mass is 367 g/mol. The van der Waals surface area contributed by atoms with Gasteiger partial charge in [0.05, 0.1) is 11.0 Å². The molecule has 1 heterocycles. The summed E-state index contributed by atoms with van der Waals surface area (Å²) in [5.74, 6) is 0.329. The van der Waals surface area contributed by atoms with Gasteiger partial charge in [0.1, 0.15) is 13.2 Å². The lowest BCUT2D eigenvalue weighted by atomic mass is 10.2. The summed E-state index contributed by atoms with van der Waals surface area (Å²) in [5.41, 5.74) is 4.92. The van der Waals surface area contributed by atoms with Crippen LogP contribution in [0.1, 0.15) is 6.92 Å². The molecule has 0 spiro atoms. The molecule has 23 heavy (non-hydrogen) atoms. The van der Waals surface area contributed by atoms with E-state index in [1.54, 1.807) is 6.92 Å². The van der Waals surface area contributed by atoms with Gasteiger partial charge in [0.25, 0.3) is 5.69 Å². The summed E-state index contributed by atoms with van der Waals surface area (Å²) in [4.78, 5) is 10.0. The molecule has 0 amide bonds. The molecular weight excluding hydrogens is 350 g/mol. The maximum Gasteiger partial charge on any atom is 0.293 e. The first-order chi connectivity index (χ1) is 10.3.